The van der Waals surface area contributed by atoms with E-state index in [1.165, 1.54) is 5.56 Å². The van der Waals surface area contributed by atoms with Crippen LogP contribution in [-0.4, -0.2) is 23.0 Å². The van der Waals surface area contributed by atoms with Gasteiger partial charge in [0.1, 0.15) is 5.01 Å². The first-order chi connectivity index (χ1) is 17.4. The molecule has 1 N–H and O–H groups in total. The molecule has 1 aromatic heterocycles. The molecule has 0 saturated carbocycles. The van der Waals surface area contributed by atoms with Gasteiger partial charge in [-0.15, -0.1) is 11.3 Å². The number of ether oxygens (including phenoxy) is 1. The molecule has 0 bridgehead atoms. The normalized spacial score (nSPS) is 12.1. The monoisotopic (exact) mass is 494 g/mol. The lowest BCUT2D eigenvalue weighted by atomic mass is 9.99. The Hall–Kier alpha value is -4.03. The van der Waals surface area contributed by atoms with Crippen LogP contribution in [0.5, 0.6) is 0 Å². The van der Waals surface area contributed by atoms with Crippen LogP contribution in [0.4, 0.5) is 5.69 Å². The molecule has 180 valence electrons. The summed E-state index contributed by atoms with van der Waals surface area (Å²) < 4.78 is 6.70. The molecule has 0 radical (unpaired) electrons. The number of nitrogens with one attached hydrogen (secondary N) is 1. The van der Waals surface area contributed by atoms with E-state index < -0.39 is 12.1 Å². The number of amides is 1. The van der Waals surface area contributed by atoms with Crippen LogP contribution < -0.4 is 5.32 Å². The van der Waals surface area contributed by atoms with Gasteiger partial charge in [-0.2, -0.15) is 0 Å². The number of aromatic nitrogens is 1. The molecule has 6 heteroatoms. The van der Waals surface area contributed by atoms with Crippen molar-refractivity contribution in [3.63, 3.8) is 0 Å². The van der Waals surface area contributed by atoms with Gasteiger partial charge in [-0.05, 0) is 54.1 Å². The standard InChI is InChI=1S/C30H26N2O3S/c1-18(2)20-14-16-22(17-15-20)31-28(33)19(3)35-30(34)24-11-7-9-21-8-6-10-23(27(21)24)29-32-25-12-4-5-13-26(25)36-29/h4-19H,1-3H3,(H,31,33). The second-order valence-corrected chi connectivity index (χ2v) is 10.0. The molecular formula is C30H26N2O3S. The van der Waals surface area contributed by atoms with Gasteiger partial charge in [0.15, 0.2) is 6.10 Å². The lowest BCUT2D eigenvalue weighted by molar-refractivity contribution is -0.123. The zero-order valence-corrected chi connectivity index (χ0v) is 21.1. The fourth-order valence-corrected chi connectivity index (χ4v) is 5.15. The molecule has 4 aromatic carbocycles. The van der Waals surface area contributed by atoms with Gasteiger partial charge in [0.25, 0.3) is 5.91 Å². The average molecular weight is 495 g/mol. The highest BCUT2D eigenvalue weighted by Gasteiger charge is 2.22. The van der Waals surface area contributed by atoms with Gasteiger partial charge in [0.2, 0.25) is 0 Å². The smallest absolute Gasteiger partial charge is 0.339 e. The van der Waals surface area contributed by atoms with Crippen LogP contribution >= 0.6 is 11.3 Å². The van der Waals surface area contributed by atoms with Gasteiger partial charge in [0.05, 0.1) is 15.8 Å². The summed E-state index contributed by atoms with van der Waals surface area (Å²) in [5, 5.41) is 5.33. The van der Waals surface area contributed by atoms with Crippen LogP contribution in [0, 0.1) is 0 Å². The number of nitrogens with zero attached hydrogens (tertiary/aromatic N) is 1. The average Bonchev–Trinajstić information content (AvgIpc) is 3.32. The predicted octanol–water partition coefficient (Wildman–Crippen LogP) is 7.42. The molecule has 0 spiro atoms. The first-order valence-electron chi connectivity index (χ1n) is 11.9. The van der Waals surface area contributed by atoms with Crippen molar-refractivity contribution in [3.8, 4) is 10.6 Å². The third-order valence-corrected chi connectivity index (χ3v) is 7.22. The van der Waals surface area contributed by atoms with Crippen LogP contribution in [0.15, 0.2) is 84.9 Å². The zero-order chi connectivity index (χ0) is 25.2. The van der Waals surface area contributed by atoms with Gasteiger partial charge >= 0.3 is 5.97 Å². The van der Waals surface area contributed by atoms with Crippen molar-refractivity contribution >= 4 is 49.9 Å². The summed E-state index contributed by atoms with van der Waals surface area (Å²) >= 11 is 1.58. The molecule has 5 aromatic rings. The second kappa shape index (κ2) is 9.91. The van der Waals surface area contributed by atoms with Crippen LogP contribution in [0.1, 0.15) is 42.6 Å². The fraction of sp³-hybridized carbons (Fsp3) is 0.167. The molecule has 0 aliphatic rings. The van der Waals surface area contributed by atoms with Gasteiger partial charge < -0.3 is 10.1 Å². The van der Waals surface area contributed by atoms with E-state index in [0.717, 1.165) is 31.6 Å². The van der Waals surface area contributed by atoms with Crippen molar-refractivity contribution in [1.29, 1.82) is 0 Å². The Morgan fingerprint density at radius 1 is 0.861 bits per heavy atom. The summed E-state index contributed by atoms with van der Waals surface area (Å²) in [4.78, 5) is 30.8. The molecule has 1 heterocycles. The van der Waals surface area contributed by atoms with Crippen LogP contribution in [-0.2, 0) is 9.53 Å². The number of fused-ring (bicyclic) bond motifs is 2. The molecule has 1 amide bonds. The largest absolute Gasteiger partial charge is 0.449 e. The number of rotatable bonds is 6. The number of carbonyl (C=O) groups excluding carboxylic acids is 2. The van der Waals surface area contributed by atoms with E-state index in [0.29, 0.717) is 17.2 Å². The first kappa shape index (κ1) is 23.7. The van der Waals surface area contributed by atoms with E-state index in [-0.39, 0.29) is 5.91 Å². The van der Waals surface area contributed by atoms with Gasteiger partial charge in [-0.25, -0.2) is 9.78 Å². The topological polar surface area (TPSA) is 68.3 Å². The minimum atomic E-state index is -0.966. The highest BCUT2D eigenvalue weighted by atomic mass is 32.1. The maximum absolute atomic E-state index is 13.3. The molecule has 5 nitrogen and oxygen atoms in total. The summed E-state index contributed by atoms with van der Waals surface area (Å²) in [5.41, 5.74) is 4.04. The molecule has 0 aliphatic carbocycles. The summed E-state index contributed by atoms with van der Waals surface area (Å²) in [6, 6.07) is 27.0. The Morgan fingerprint density at radius 2 is 1.58 bits per heavy atom. The van der Waals surface area contributed by atoms with E-state index in [2.05, 4.69) is 19.2 Å². The number of thiazole rings is 1. The summed E-state index contributed by atoms with van der Waals surface area (Å²) in [6.45, 7) is 5.81. The van der Waals surface area contributed by atoms with E-state index >= 15 is 0 Å². The van der Waals surface area contributed by atoms with E-state index in [9.17, 15) is 9.59 Å². The van der Waals surface area contributed by atoms with Crippen LogP contribution in [0.25, 0.3) is 31.6 Å². The van der Waals surface area contributed by atoms with E-state index in [4.69, 9.17) is 9.72 Å². The number of hydrogen-bond donors (Lipinski definition) is 1. The van der Waals surface area contributed by atoms with Crippen LogP contribution in [0.3, 0.4) is 0 Å². The highest BCUT2D eigenvalue weighted by molar-refractivity contribution is 7.21. The summed E-state index contributed by atoms with van der Waals surface area (Å²) in [6.07, 6.45) is -0.966. The number of esters is 1. The van der Waals surface area contributed by atoms with Crippen molar-refractivity contribution in [2.24, 2.45) is 0 Å². The second-order valence-electron chi connectivity index (χ2n) is 9.01. The minimum absolute atomic E-state index is 0.382. The minimum Gasteiger partial charge on any atom is -0.449 e. The Balaban J connectivity index is 1.41. The van der Waals surface area contributed by atoms with Crippen molar-refractivity contribution in [2.45, 2.75) is 32.8 Å². The molecule has 36 heavy (non-hydrogen) atoms. The van der Waals surface area contributed by atoms with Crippen molar-refractivity contribution in [1.82, 2.24) is 4.98 Å². The molecule has 1 atom stereocenters. The number of hydrogen-bond acceptors (Lipinski definition) is 5. The summed E-state index contributed by atoms with van der Waals surface area (Å²) in [5.74, 6) is -0.526. The first-order valence-corrected chi connectivity index (χ1v) is 12.7. The lowest BCUT2D eigenvalue weighted by Crippen LogP contribution is -2.30. The molecule has 0 fully saturated rings. The lowest BCUT2D eigenvalue weighted by Gasteiger charge is -2.16. The van der Waals surface area contributed by atoms with Crippen molar-refractivity contribution < 1.29 is 14.3 Å². The van der Waals surface area contributed by atoms with Gasteiger partial charge in [-0.1, -0.05) is 68.4 Å². The Bertz CT molecular complexity index is 1530. The Labute approximate surface area is 213 Å². The van der Waals surface area contributed by atoms with Gasteiger partial charge in [-0.3, -0.25) is 4.79 Å². The maximum atomic E-state index is 13.3. The van der Waals surface area contributed by atoms with Crippen molar-refractivity contribution in [2.75, 3.05) is 5.32 Å². The highest BCUT2D eigenvalue weighted by Crippen LogP contribution is 2.36. The number of benzene rings is 4. The number of carbonyl (C=O) groups is 2. The third-order valence-electron chi connectivity index (χ3n) is 6.15. The van der Waals surface area contributed by atoms with E-state index in [1.807, 2.05) is 78.9 Å². The van der Waals surface area contributed by atoms with Crippen molar-refractivity contribution in [3.05, 3.63) is 96.1 Å². The Kier molecular flexibility index (Phi) is 6.53. The predicted molar refractivity (Wildman–Crippen MR) is 147 cm³/mol. The Morgan fingerprint density at radius 3 is 2.31 bits per heavy atom. The molecule has 5 rings (SSSR count). The maximum Gasteiger partial charge on any atom is 0.339 e. The zero-order valence-electron chi connectivity index (χ0n) is 20.3. The molecule has 0 saturated heterocycles. The number of para-hydroxylation sites is 1. The third kappa shape index (κ3) is 4.72. The van der Waals surface area contributed by atoms with Crippen LogP contribution in [0.2, 0.25) is 0 Å². The van der Waals surface area contributed by atoms with Gasteiger partial charge in [0, 0.05) is 16.6 Å². The molecule has 1 unspecified atom stereocenters. The molecule has 0 aliphatic heterocycles. The van der Waals surface area contributed by atoms with E-state index in [1.54, 1.807) is 24.3 Å². The quantitative estimate of drug-likeness (QED) is 0.249. The number of anilines is 1. The fourth-order valence-electron chi connectivity index (χ4n) is 4.15. The summed E-state index contributed by atoms with van der Waals surface area (Å²) in [7, 11) is 0. The molecular weight excluding hydrogens is 468 g/mol. The SMILES string of the molecule is CC(OC(=O)c1cccc2cccc(-c3nc4ccccc4s3)c12)C(=O)Nc1ccc(C(C)C)cc1.